The van der Waals surface area contributed by atoms with E-state index in [1.54, 1.807) is 6.20 Å². The zero-order chi connectivity index (χ0) is 12.9. The normalized spacial score (nSPS) is 12.3. The SMILES string of the molecule is Cc1cn(S(C)(=O)=O)c2ccc3ccccc3c12. The van der Waals surface area contributed by atoms with Crippen molar-refractivity contribution >= 4 is 31.7 Å². The fourth-order valence-electron chi connectivity index (χ4n) is 2.44. The maximum absolute atomic E-state index is 11.8. The molecule has 0 amide bonds. The van der Waals surface area contributed by atoms with E-state index in [0.717, 1.165) is 27.2 Å². The maximum atomic E-state index is 11.8. The van der Waals surface area contributed by atoms with Crippen molar-refractivity contribution in [1.29, 1.82) is 0 Å². The fraction of sp³-hybridized carbons (Fsp3) is 0.143. The molecule has 0 atom stereocenters. The van der Waals surface area contributed by atoms with Crippen LogP contribution in [0.25, 0.3) is 21.7 Å². The van der Waals surface area contributed by atoms with E-state index in [2.05, 4.69) is 0 Å². The minimum atomic E-state index is -3.26. The van der Waals surface area contributed by atoms with E-state index >= 15 is 0 Å². The summed E-state index contributed by atoms with van der Waals surface area (Å²) < 4.78 is 24.9. The molecular weight excluding hydrogens is 246 g/mol. The molecule has 3 aromatic rings. The third-order valence-electron chi connectivity index (χ3n) is 3.21. The van der Waals surface area contributed by atoms with E-state index in [4.69, 9.17) is 0 Å². The molecule has 0 bridgehead atoms. The van der Waals surface area contributed by atoms with Crippen molar-refractivity contribution in [2.75, 3.05) is 6.26 Å². The van der Waals surface area contributed by atoms with Crippen molar-refractivity contribution in [3.05, 3.63) is 48.2 Å². The Morgan fingerprint density at radius 2 is 1.78 bits per heavy atom. The summed E-state index contributed by atoms with van der Waals surface area (Å²) in [5.74, 6) is 0. The topological polar surface area (TPSA) is 39.1 Å². The molecule has 2 aromatic carbocycles. The molecule has 0 radical (unpaired) electrons. The third kappa shape index (κ3) is 1.53. The highest BCUT2D eigenvalue weighted by molar-refractivity contribution is 7.89. The van der Waals surface area contributed by atoms with Crippen LogP contribution in [0.1, 0.15) is 5.56 Å². The number of aryl methyl sites for hydroxylation is 1. The van der Waals surface area contributed by atoms with Crippen LogP contribution >= 0.6 is 0 Å². The van der Waals surface area contributed by atoms with Crippen LogP contribution in [-0.2, 0) is 10.0 Å². The molecule has 92 valence electrons. The molecule has 0 aliphatic heterocycles. The Labute approximate surface area is 106 Å². The highest BCUT2D eigenvalue weighted by Gasteiger charge is 2.14. The Bertz CT molecular complexity index is 860. The Balaban J connectivity index is 2.58. The van der Waals surface area contributed by atoms with E-state index in [1.165, 1.54) is 10.2 Å². The van der Waals surface area contributed by atoms with Crippen LogP contribution in [-0.4, -0.2) is 18.6 Å². The Hall–Kier alpha value is -1.81. The first-order valence-electron chi connectivity index (χ1n) is 5.68. The first kappa shape index (κ1) is 11.3. The molecule has 0 aliphatic rings. The number of hydrogen-bond donors (Lipinski definition) is 0. The minimum absolute atomic E-state index is 0.744. The number of rotatable bonds is 1. The summed E-state index contributed by atoms with van der Waals surface area (Å²) in [5.41, 5.74) is 1.72. The first-order valence-corrected chi connectivity index (χ1v) is 7.53. The molecule has 4 heteroatoms. The minimum Gasteiger partial charge on any atom is -0.245 e. The Kier molecular flexibility index (Phi) is 2.25. The van der Waals surface area contributed by atoms with Gasteiger partial charge in [0.25, 0.3) is 0 Å². The summed E-state index contributed by atoms with van der Waals surface area (Å²) in [7, 11) is -3.26. The number of benzene rings is 2. The highest BCUT2D eigenvalue weighted by Crippen LogP contribution is 2.30. The average molecular weight is 259 g/mol. The molecule has 0 saturated heterocycles. The number of hydrogen-bond acceptors (Lipinski definition) is 2. The van der Waals surface area contributed by atoms with Gasteiger partial charge in [0.2, 0.25) is 10.0 Å². The third-order valence-corrected chi connectivity index (χ3v) is 4.22. The lowest BCUT2D eigenvalue weighted by atomic mass is 10.0. The summed E-state index contributed by atoms with van der Waals surface area (Å²) >= 11 is 0. The van der Waals surface area contributed by atoms with Gasteiger partial charge >= 0.3 is 0 Å². The molecule has 0 unspecified atom stereocenters. The van der Waals surface area contributed by atoms with Crippen molar-refractivity contribution in [3.63, 3.8) is 0 Å². The van der Waals surface area contributed by atoms with Crippen LogP contribution in [0.2, 0.25) is 0 Å². The summed E-state index contributed by atoms with van der Waals surface area (Å²) in [6.07, 6.45) is 2.91. The van der Waals surface area contributed by atoms with Crippen LogP contribution < -0.4 is 0 Å². The molecule has 0 spiro atoms. The molecule has 3 nitrogen and oxygen atoms in total. The van der Waals surface area contributed by atoms with Crippen molar-refractivity contribution in [2.24, 2.45) is 0 Å². The van der Waals surface area contributed by atoms with Gasteiger partial charge in [-0.25, -0.2) is 12.4 Å². The van der Waals surface area contributed by atoms with Gasteiger partial charge in [0.05, 0.1) is 11.8 Å². The smallest absolute Gasteiger partial charge is 0.236 e. The van der Waals surface area contributed by atoms with E-state index in [0.29, 0.717) is 0 Å². The molecular formula is C14H13NO2S. The van der Waals surface area contributed by atoms with Crippen LogP contribution in [0.3, 0.4) is 0 Å². The summed E-state index contributed by atoms with van der Waals surface area (Å²) in [5, 5.41) is 3.23. The number of fused-ring (bicyclic) bond motifs is 3. The van der Waals surface area contributed by atoms with E-state index in [1.807, 2.05) is 43.3 Å². The molecule has 1 heterocycles. The summed E-state index contributed by atoms with van der Waals surface area (Å²) in [6, 6.07) is 11.8. The van der Waals surface area contributed by atoms with Gasteiger partial charge in [0.15, 0.2) is 0 Å². The van der Waals surface area contributed by atoms with Crippen molar-refractivity contribution in [2.45, 2.75) is 6.92 Å². The maximum Gasteiger partial charge on any atom is 0.236 e. The molecule has 0 fully saturated rings. The van der Waals surface area contributed by atoms with Gasteiger partial charge in [-0.3, -0.25) is 0 Å². The lowest BCUT2D eigenvalue weighted by Gasteiger charge is -2.03. The average Bonchev–Trinajstić information content (AvgIpc) is 2.67. The Morgan fingerprint density at radius 3 is 2.50 bits per heavy atom. The van der Waals surface area contributed by atoms with Gasteiger partial charge in [0, 0.05) is 11.6 Å². The van der Waals surface area contributed by atoms with Crippen LogP contribution in [0.5, 0.6) is 0 Å². The van der Waals surface area contributed by atoms with Gasteiger partial charge in [-0.1, -0.05) is 30.3 Å². The molecule has 18 heavy (non-hydrogen) atoms. The lowest BCUT2D eigenvalue weighted by molar-refractivity contribution is 0.595. The zero-order valence-corrected chi connectivity index (χ0v) is 11.0. The van der Waals surface area contributed by atoms with Gasteiger partial charge in [0.1, 0.15) is 0 Å². The van der Waals surface area contributed by atoms with Crippen LogP contribution in [0, 0.1) is 6.92 Å². The summed E-state index contributed by atoms with van der Waals surface area (Å²) in [6.45, 7) is 1.94. The van der Waals surface area contributed by atoms with Gasteiger partial charge in [-0.05, 0) is 29.3 Å². The van der Waals surface area contributed by atoms with E-state index < -0.39 is 10.0 Å². The van der Waals surface area contributed by atoms with Gasteiger partial charge in [-0.15, -0.1) is 0 Å². The second kappa shape index (κ2) is 3.59. The molecule has 0 saturated carbocycles. The number of aromatic nitrogens is 1. The number of nitrogens with zero attached hydrogens (tertiary/aromatic N) is 1. The molecule has 3 rings (SSSR count). The monoisotopic (exact) mass is 259 g/mol. The van der Waals surface area contributed by atoms with Crippen molar-refractivity contribution in [3.8, 4) is 0 Å². The zero-order valence-electron chi connectivity index (χ0n) is 10.2. The van der Waals surface area contributed by atoms with Gasteiger partial charge in [-0.2, -0.15) is 0 Å². The van der Waals surface area contributed by atoms with Crippen LogP contribution in [0.4, 0.5) is 0 Å². The largest absolute Gasteiger partial charge is 0.245 e. The fourth-order valence-corrected chi connectivity index (χ4v) is 3.30. The highest BCUT2D eigenvalue weighted by atomic mass is 32.2. The molecule has 0 N–H and O–H groups in total. The molecule has 1 aromatic heterocycles. The first-order chi connectivity index (χ1) is 8.48. The summed E-state index contributed by atoms with van der Waals surface area (Å²) in [4.78, 5) is 0. The predicted molar refractivity (Wildman–Crippen MR) is 74.4 cm³/mol. The molecule has 0 aliphatic carbocycles. The second-order valence-corrected chi connectivity index (χ2v) is 6.41. The van der Waals surface area contributed by atoms with Crippen molar-refractivity contribution in [1.82, 2.24) is 3.97 Å². The van der Waals surface area contributed by atoms with Gasteiger partial charge < -0.3 is 0 Å². The Morgan fingerprint density at radius 1 is 1.06 bits per heavy atom. The van der Waals surface area contributed by atoms with E-state index in [-0.39, 0.29) is 0 Å². The predicted octanol–water partition coefficient (Wildman–Crippen LogP) is 2.91. The standard InChI is InChI=1S/C14H13NO2S/c1-10-9-15(18(2,16)17)13-8-7-11-5-3-4-6-12(11)14(10)13/h3-9H,1-2H3. The lowest BCUT2D eigenvalue weighted by Crippen LogP contribution is -2.08. The van der Waals surface area contributed by atoms with E-state index in [9.17, 15) is 8.42 Å². The second-order valence-electron chi connectivity index (χ2n) is 4.55. The quantitative estimate of drug-likeness (QED) is 0.674. The van der Waals surface area contributed by atoms with Crippen LogP contribution in [0.15, 0.2) is 42.6 Å². The van der Waals surface area contributed by atoms with Crippen molar-refractivity contribution < 1.29 is 8.42 Å².